The minimum atomic E-state index is -0.199. The van der Waals surface area contributed by atoms with Gasteiger partial charge in [-0.2, -0.15) is 10.5 Å². The van der Waals surface area contributed by atoms with Crippen molar-refractivity contribution in [3.8, 4) is 12.1 Å². The molecule has 1 saturated heterocycles. The molecule has 166 valence electrons. The Balaban J connectivity index is 1.69. The molecule has 0 spiro atoms. The molecule has 3 aromatic rings. The second kappa shape index (κ2) is 10.3. The first kappa shape index (κ1) is 23.1. The summed E-state index contributed by atoms with van der Waals surface area (Å²) in [6, 6.07) is 24.6. The van der Waals surface area contributed by atoms with Crippen LogP contribution in [0.3, 0.4) is 0 Å². The van der Waals surface area contributed by atoms with Crippen LogP contribution >= 0.6 is 23.2 Å². The number of nitrogens with zero attached hydrogens (tertiary/aromatic N) is 4. The van der Waals surface area contributed by atoms with E-state index in [9.17, 15) is 10.4 Å². The molecule has 5 nitrogen and oxygen atoms in total. The third-order valence-corrected chi connectivity index (χ3v) is 6.58. The number of aliphatic hydroxyl groups excluding tert-OH is 1. The van der Waals surface area contributed by atoms with Crippen LogP contribution in [0.2, 0.25) is 10.0 Å². The molecule has 1 N–H and O–H groups in total. The van der Waals surface area contributed by atoms with Gasteiger partial charge in [-0.25, -0.2) is 0 Å². The predicted octanol–water partition coefficient (Wildman–Crippen LogP) is 5.33. The van der Waals surface area contributed by atoms with Crippen molar-refractivity contribution in [2.45, 2.75) is 12.1 Å². The maximum atomic E-state index is 10.3. The standard InChI is InChI=1S/C26H22Cl2N4O/c27-22-7-5-19(6-8-22)25-16-31(26(17-33)20-3-1-18(14-29)2-4-20)11-12-32(25)24-10-9-23(28)13-21(24)15-30/h1-10,13,25-26,33H,11-12,16-17H2/t25-,26+/m0/s1. The van der Waals surface area contributed by atoms with Crippen LogP contribution in [-0.2, 0) is 0 Å². The summed E-state index contributed by atoms with van der Waals surface area (Å²) in [6.45, 7) is 1.96. The maximum Gasteiger partial charge on any atom is 0.101 e. The average Bonchev–Trinajstić information content (AvgIpc) is 2.85. The average molecular weight is 477 g/mol. The number of piperazine rings is 1. The third-order valence-electron chi connectivity index (χ3n) is 6.09. The quantitative estimate of drug-likeness (QED) is 0.538. The van der Waals surface area contributed by atoms with E-state index < -0.39 is 0 Å². The molecule has 0 aliphatic carbocycles. The van der Waals surface area contributed by atoms with E-state index in [1.54, 1.807) is 24.3 Å². The van der Waals surface area contributed by atoms with E-state index in [-0.39, 0.29) is 18.7 Å². The number of benzene rings is 3. The van der Waals surface area contributed by atoms with Crippen molar-refractivity contribution in [3.63, 3.8) is 0 Å². The van der Waals surface area contributed by atoms with Gasteiger partial charge in [0.15, 0.2) is 0 Å². The zero-order valence-electron chi connectivity index (χ0n) is 17.8. The lowest BCUT2D eigenvalue weighted by Gasteiger charge is -2.46. The van der Waals surface area contributed by atoms with Crippen LogP contribution in [0.1, 0.15) is 34.3 Å². The Bertz CT molecular complexity index is 1200. The summed E-state index contributed by atoms with van der Waals surface area (Å²) < 4.78 is 0. The molecule has 7 heteroatoms. The Morgan fingerprint density at radius 3 is 2.24 bits per heavy atom. The Morgan fingerprint density at radius 2 is 1.61 bits per heavy atom. The van der Waals surface area contributed by atoms with Gasteiger partial charge in [0.2, 0.25) is 0 Å². The van der Waals surface area contributed by atoms with Crippen LogP contribution in [0.25, 0.3) is 0 Å². The number of aliphatic hydroxyl groups is 1. The maximum absolute atomic E-state index is 10.3. The number of rotatable bonds is 5. The second-order valence-electron chi connectivity index (χ2n) is 7.96. The van der Waals surface area contributed by atoms with Crippen molar-refractivity contribution >= 4 is 28.9 Å². The Kier molecular flexibility index (Phi) is 7.18. The van der Waals surface area contributed by atoms with Gasteiger partial charge in [-0.1, -0.05) is 47.5 Å². The van der Waals surface area contributed by atoms with Gasteiger partial charge < -0.3 is 10.0 Å². The van der Waals surface area contributed by atoms with E-state index in [1.807, 2.05) is 42.5 Å². The first-order valence-corrected chi connectivity index (χ1v) is 11.4. The van der Waals surface area contributed by atoms with Crippen molar-refractivity contribution in [1.29, 1.82) is 10.5 Å². The molecule has 33 heavy (non-hydrogen) atoms. The van der Waals surface area contributed by atoms with Crippen LogP contribution in [0.5, 0.6) is 0 Å². The van der Waals surface area contributed by atoms with Crippen LogP contribution in [0.4, 0.5) is 5.69 Å². The lowest BCUT2D eigenvalue weighted by molar-refractivity contribution is 0.103. The third kappa shape index (κ3) is 4.98. The summed E-state index contributed by atoms with van der Waals surface area (Å²) in [6.07, 6.45) is 0. The smallest absolute Gasteiger partial charge is 0.101 e. The number of anilines is 1. The molecular weight excluding hydrogens is 455 g/mol. The fourth-order valence-corrected chi connectivity index (χ4v) is 4.70. The second-order valence-corrected chi connectivity index (χ2v) is 8.83. The van der Waals surface area contributed by atoms with Gasteiger partial charge in [0.1, 0.15) is 6.07 Å². The highest BCUT2D eigenvalue weighted by molar-refractivity contribution is 6.31. The van der Waals surface area contributed by atoms with Crippen molar-refractivity contribution in [2.75, 3.05) is 31.1 Å². The van der Waals surface area contributed by atoms with Crippen LogP contribution in [-0.4, -0.2) is 36.2 Å². The largest absolute Gasteiger partial charge is 0.394 e. The van der Waals surface area contributed by atoms with E-state index in [0.29, 0.717) is 40.8 Å². The molecule has 3 aromatic carbocycles. The van der Waals surface area contributed by atoms with Gasteiger partial charge in [0, 0.05) is 29.7 Å². The molecule has 0 bridgehead atoms. The van der Waals surface area contributed by atoms with E-state index >= 15 is 0 Å². The lowest BCUT2D eigenvalue weighted by Crippen LogP contribution is -2.50. The number of hydrogen-bond acceptors (Lipinski definition) is 5. The Morgan fingerprint density at radius 1 is 0.909 bits per heavy atom. The van der Waals surface area contributed by atoms with E-state index in [4.69, 9.17) is 28.5 Å². The molecule has 0 saturated carbocycles. The summed E-state index contributed by atoms with van der Waals surface area (Å²) in [5.74, 6) is 0. The van der Waals surface area contributed by atoms with Gasteiger partial charge in [-0.15, -0.1) is 0 Å². The van der Waals surface area contributed by atoms with E-state index in [1.165, 1.54) is 0 Å². The molecule has 0 radical (unpaired) electrons. The van der Waals surface area contributed by atoms with E-state index in [2.05, 4.69) is 21.9 Å². The summed E-state index contributed by atoms with van der Waals surface area (Å²) in [5, 5.41) is 30.2. The summed E-state index contributed by atoms with van der Waals surface area (Å²) >= 11 is 12.3. The minimum Gasteiger partial charge on any atom is -0.394 e. The van der Waals surface area contributed by atoms with E-state index in [0.717, 1.165) is 16.8 Å². The van der Waals surface area contributed by atoms with Crippen LogP contribution in [0.15, 0.2) is 66.7 Å². The SMILES string of the molecule is N#Cc1ccc([C@@H](CO)N2CCN(c3ccc(Cl)cc3C#N)[C@H](c3ccc(Cl)cc3)C2)cc1. The molecule has 4 rings (SSSR count). The molecule has 1 aliphatic rings. The van der Waals surface area contributed by atoms with Gasteiger partial charge in [0.25, 0.3) is 0 Å². The minimum absolute atomic E-state index is 0.0381. The van der Waals surface area contributed by atoms with Gasteiger partial charge in [-0.3, -0.25) is 4.90 Å². The zero-order chi connectivity index (χ0) is 23.4. The number of hydrogen-bond donors (Lipinski definition) is 1. The fraction of sp³-hybridized carbons (Fsp3) is 0.231. The van der Waals surface area contributed by atoms with Crippen LogP contribution < -0.4 is 4.90 Å². The fourth-order valence-electron chi connectivity index (χ4n) is 4.41. The normalized spacial score (nSPS) is 17.2. The van der Waals surface area contributed by atoms with Crippen LogP contribution in [0, 0.1) is 22.7 Å². The zero-order valence-corrected chi connectivity index (χ0v) is 19.3. The van der Waals surface area contributed by atoms with Gasteiger partial charge in [0.05, 0.1) is 41.6 Å². The molecule has 1 fully saturated rings. The molecule has 1 aliphatic heterocycles. The molecular formula is C26H22Cl2N4O. The van der Waals surface area contributed by atoms with Gasteiger partial charge >= 0.3 is 0 Å². The molecule has 0 aromatic heterocycles. The first-order valence-electron chi connectivity index (χ1n) is 10.6. The first-order chi connectivity index (χ1) is 16.0. The molecule has 1 heterocycles. The Hall–Kier alpha value is -3.06. The lowest BCUT2D eigenvalue weighted by atomic mass is 9.97. The highest BCUT2D eigenvalue weighted by atomic mass is 35.5. The van der Waals surface area contributed by atoms with Crippen molar-refractivity contribution in [2.24, 2.45) is 0 Å². The monoisotopic (exact) mass is 476 g/mol. The molecule has 0 amide bonds. The topological polar surface area (TPSA) is 74.3 Å². The van der Waals surface area contributed by atoms with Crippen molar-refractivity contribution < 1.29 is 5.11 Å². The van der Waals surface area contributed by atoms with Crippen molar-refractivity contribution in [1.82, 2.24) is 4.90 Å². The highest BCUT2D eigenvalue weighted by Crippen LogP contribution is 2.36. The summed E-state index contributed by atoms with van der Waals surface area (Å²) in [4.78, 5) is 4.47. The Labute approximate surface area is 203 Å². The number of halogens is 2. The van der Waals surface area contributed by atoms with Gasteiger partial charge in [-0.05, 0) is 53.6 Å². The molecule has 0 unspecified atom stereocenters. The summed E-state index contributed by atoms with van der Waals surface area (Å²) in [5.41, 5.74) is 3.98. The number of nitriles is 2. The summed E-state index contributed by atoms with van der Waals surface area (Å²) in [7, 11) is 0. The van der Waals surface area contributed by atoms with Crippen molar-refractivity contribution in [3.05, 3.63) is 99.0 Å². The highest BCUT2D eigenvalue weighted by Gasteiger charge is 2.33. The predicted molar refractivity (Wildman–Crippen MR) is 130 cm³/mol. The molecule has 2 atom stereocenters.